The number of aliphatic hydroxyl groups excluding tert-OH is 1. The molecule has 148 valence electrons. The third kappa shape index (κ3) is 3.57. The van der Waals surface area contributed by atoms with Crippen LogP contribution in [-0.2, 0) is 6.61 Å². The number of fused-ring (bicyclic) bond motifs is 3. The normalized spacial score (nSPS) is 24.4. The van der Waals surface area contributed by atoms with Gasteiger partial charge in [-0.15, -0.1) is 11.3 Å². The topological polar surface area (TPSA) is 111 Å². The van der Waals surface area contributed by atoms with Crippen molar-refractivity contribution in [1.29, 1.82) is 0 Å². The molecule has 0 aliphatic carbocycles. The summed E-state index contributed by atoms with van der Waals surface area (Å²) >= 11 is 1.67. The van der Waals surface area contributed by atoms with Crippen LogP contribution in [0.4, 0.5) is 17.6 Å². The van der Waals surface area contributed by atoms with Crippen molar-refractivity contribution in [3.8, 4) is 0 Å². The molecule has 28 heavy (non-hydrogen) atoms. The van der Waals surface area contributed by atoms with E-state index in [-0.39, 0.29) is 6.61 Å². The fourth-order valence-corrected chi connectivity index (χ4v) is 5.29. The summed E-state index contributed by atoms with van der Waals surface area (Å²) < 4.78 is 1.01. The van der Waals surface area contributed by atoms with Crippen LogP contribution in [0.5, 0.6) is 0 Å². The number of nitrogens with zero attached hydrogens (tertiary/aromatic N) is 3. The minimum absolute atomic E-state index is 0.0726. The molecular formula is C19H25N7OS. The second kappa shape index (κ2) is 7.31. The first kappa shape index (κ1) is 17.8. The van der Waals surface area contributed by atoms with Crippen molar-refractivity contribution in [2.24, 2.45) is 0 Å². The molecule has 0 radical (unpaired) electrons. The van der Waals surface area contributed by atoms with Crippen molar-refractivity contribution in [3.63, 3.8) is 0 Å². The Morgan fingerprint density at radius 3 is 2.79 bits per heavy atom. The van der Waals surface area contributed by atoms with Gasteiger partial charge in [0, 0.05) is 29.1 Å². The van der Waals surface area contributed by atoms with Gasteiger partial charge in [-0.05, 0) is 38.7 Å². The maximum absolute atomic E-state index is 9.25. The lowest BCUT2D eigenvalue weighted by Gasteiger charge is -2.40. The van der Waals surface area contributed by atoms with Crippen molar-refractivity contribution < 1.29 is 5.11 Å². The number of aliphatic hydroxyl groups is 1. The number of rotatable bonds is 5. The Morgan fingerprint density at radius 1 is 1.21 bits per heavy atom. The average molecular weight is 400 g/mol. The molecule has 0 saturated carbocycles. The van der Waals surface area contributed by atoms with Gasteiger partial charge in [-0.1, -0.05) is 6.42 Å². The number of H-pyrrole nitrogens is 1. The Balaban J connectivity index is 1.42. The second-order valence-corrected chi connectivity index (χ2v) is 9.09. The van der Waals surface area contributed by atoms with Crippen LogP contribution in [0.25, 0.3) is 10.2 Å². The van der Waals surface area contributed by atoms with Gasteiger partial charge in [-0.2, -0.15) is 10.1 Å². The molecule has 2 atom stereocenters. The summed E-state index contributed by atoms with van der Waals surface area (Å²) in [4.78, 5) is 10.7. The van der Waals surface area contributed by atoms with Gasteiger partial charge >= 0.3 is 0 Å². The zero-order valence-electron chi connectivity index (χ0n) is 15.8. The molecule has 5 heterocycles. The lowest BCUT2D eigenvalue weighted by molar-refractivity contribution is 0.230. The van der Waals surface area contributed by atoms with E-state index in [0.29, 0.717) is 35.6 Å². The summed E-state index contributed by atoms with van der Waals surface area (Å²) in [5, 5.41) is 26.9. The lowest BCUT2D eigenvalue weighted by atomic mass is 9.84. The third-order valence-corrected chi connectivity index (χ3v) is 6.64. The average Bonchev–Trinajstić information content (AvgIpc) is 3.27. The molecular weight excluding hydrogens is 374 g/mol. The van der Waals surface area contributed by atoms with Crippen LogP contribution in [0, 0.1) is 6.92 Å². The van der Waals surface area contributed by atoms with E-state index in [1.165, 1.54) is 24.1 Å². The van der Waals surface area contributed by atoms with Crippen LogP contribution in [0.15, 0.2) is 12.1 Å². The Kier molecular flexibility index (Phi) is 4.65. The van der Waals surface area contributed by atoms with E-state index in [4.69, 9.17) is 9.97 Å². The first-order chi connectivity index (χ1) is 13.7. The molecule has 2 bridgehead atoms. The molecule has 9 heteroatoms. The number of piperidine rings is 2. The van der Waals surface area contributed by atoms with E-state index < -0.39 is 0 Å². The monoisotopic (exact) mass is 399 g/mol. The molecule has 0 amide bonds. The van der Waals surface area contributed by atoms with Gasteiger partial charge in [0.05, 0.1) is 22.5 Å². The van der Waals surface area contributed by atoms with Crippen LogP contribution in [-0.4, -0.2) is 43.4 Å². The number of thiophene rings is 1. The van der Waals surface area contributed by atoms with Crippen molar-refractivity contribution >= 4 is 39.1 Å². The van der Waals surface area contributed by atoms with Crippen LogP contribution >= 0.6 is 11.3 Å². The Hall–Kier alpha value is -2.23. The van der Waals surface area contributed by atoms with Crippen LogP contribution in [0.2, 0.25) is 0 Å². The molecule has 2 unspecified atom stereocenters. The number of nitrogens with one attached hydrogen (secondary N) is 4. The number of aromatic amines is 1. The maximum Gasteiger partial charge on any atom is 0.225 e. The first-order valence-corrected chi connectivity index (χ1v) is 10.7. The van der Waals surface area contributed by atoms with Gasteiger partial charge in [-0.25, -0.2) is 4.98 Å². The minimum Gasteiger partial charge on any atom is -0.390 e. The zero-order chi connectivity index (χ0) is 19.1. The molecule has 3 aromatic rings. The standard InChI is InChI=1S/C19H25N7OS/c1-10-5-15-17(28-10)18(23-16-8-14(9-27)25-26-16)24-19(22-15)21-13-6-11-3-2-4-12(7-13)20-11/h5,8,11-13,20,27H,2-4,6-7,9H2,1H3,(H3,21,22,23,24,25,26). The van der Waals surface area contributed by atoms with E-state index in [1.807, 2.05) is 0 Å². The first-order valence-electron chi connectivity index (χ1n) is 9.89. The van der Waals surface area contributed by atoms with Gasteiger partial charge < -0.3 is 21.1 Å². The smallest absolute Gasteiger partial charge is 0.225 e. The molecule has 2 fully saturated rings. The Labute approximate surface area is 167 Å². The van der Waals surface area contributed by atoms with Crippen molar-refractivity contribution in [1.82, 2.24) is 25.5 Å². The molecule has 5 N–H and O–H groups in total. The van der Waals surface area contributed by atoms with E-state index in [1.54, 1.807) is 17.4 Å². The molecule has 3 aromatic heterocycles. The number of aromatic nitrogens is 4. The number of aryl methyl sites for hydroxylation is 1. The Morgan fingerprint density at radius 2 is 2.04 bits per heavy atom. The van der Waals surface area contributed by atoms with E-state index in [0.717, 1.165) is 28.9 Å². The zero-order valence-corrected chi connectivity index (χ0v) is 16.6. The van der Waals surface area contributed by atoms with Gasteiger partial charge in [0.25, 0.3) is 0 Å². The van der Waals surface area contributed by atoms with E-state index in [2.05, 4.69) is 39.1 Å². The fourth-order valence-electron chi connectivity index (χ4n) is 4.39. The quantitative estimate of drug-likeness (QED) is 0.448. The van der Waals surface area contributed by atoms with Crippen LogP contribution < -0.4 is 16.0 Å². The van der Waals surface area contributed by atoms with E-state index >= 15 is 0 Å². The maximum atomic E-state index is 9.25. The molecule has 2 saturated heterocycles. The van der Waals surface area contributed by atoms with Crippen LogP contribution in [0.3, 0.4) is 0 Å². The summed E-state index contributed by atoms with van der Waals surface area (Å²) in [5.74, 6) is 2.05. The van der Waals surface area contributed by atoms with Crippen molar-refractivity contribution in [3.05, 3.63) is 22.7 Å². The number of hydrogen-bond acceptors (Lipinski definition) is 8. The molecule has 2 aliphatic rings. The highest BCUT2D eigenvalue weighted by Crippen LogP contribution is 2.33. The molecule has 0 spiro atoms. The molecule has 0 aromatic carbocycles. The summed E-state index contributed by atoms with van der Waals surface area (Å²) in [6.07, 6.45) is 6.08. The molecule has 8 nitrogen and oxygen atoms in total. The lowest BCUT2D eigenvalue weighted by Crippen LogP contribution is -2.52. The number of anilines is 3. The summed E-state index contributed by atoms with van der Waals surface area (Å²) in [7, 11) is 0. The van der Waals surface area contributed by atoms with E-state index in [9.17, 15) is 5.11 Å². The van der Waals surface area contributed by atoms with Gasteiger partial charge in [0.15, 0.2) is 11.6 Å². The van der Waals surface area contributed by atoms with Gasteiger partial charge in [0.2, 0.25) is 5.95 Å². The second-order valence-electron chi connectivity index (χ2n) is 7.83. The van der Waals surface area contributed by atoms with Gasteiger partial charge in [0.1, 0.15) is 0 Å². The van der Waals surface area contributed by atoms with Gasteiger partial charge in [-0.3, -0.25) is 5.10 Å². The highest BCUT2D eigenvalue weighted by molar-refractivity contribution is 7.19. The van der Waals surface area contributed by atoms with Crippen molar-refractivity contribution in [2.75, 3.05) is 10.6 Å². The predicted molar refractivity (Wildman–Crippen MR) is 111 cm³/mol. The molecule has 2 aliphatic heterocycles. The molecule has 5 rings (SSSR count). The summed E-state index contributed by atoms with van der Waals surface area (Å²) in [5.41, 5.74) is 1.60. The highest BCUT2D eigenvalue weighted by Gasteiger charge is 2.31. The third-order valence-electron chi connectivity index (χ3n) is 5.59. The number of hydrogen-bond donors (Lipinski definition) is 5. The SMILES string of the molecule is Cc1cc2nc(NC3CC4CCCC(C3)N4)nc(Nc3cc(CO)[nH]n3)c2s1. The largest absolute Gasteiger partial charge is 0.390 e. The predicted octanol–water partition coefficient (Wildman–Crippen LogP) is 3.04. The summed E-state index contributed by atoms with van der Waals surface area (Å²) in [6.45, 7) is 2.01. The fraction of sp³-hybridized carbons (Fsp3) is 0.526. The Bertz CT molecular complexity index is 972. The van der Waals surface area contributed by atoms with Crippen LogP contribution in [0.1, 0.15) is 42.7 Å². The van der Waals surface area contributed by atoms with Crippen molar-refractivity contribution in [2.45, 2.75) is 63.8 Å². The summed E-state index contributed by atoms with van der Waals surface area (Å²) in [6, 6.07) is 5.49. The minimum atomic E-state index is -0.0726. The highest BCUT2D eigenvalue weighted by atomic mass is 32.1.